The van der Waals surface area contributed by atoms with Crippen molar-refractivity contribution >= 4 is 11.7 Å². The van der Waals surface area contributed by atoms with E-state index in [1.807, 2.05) is 0 Å². The van der Waals surface area contributed by atoms with Gasteiger partial charge in [0.25, 0.3) is 5.69 Å². The van der Waals surface area contributed by atoms with Crippen molar-refractivity contribution in [3.8, 4) is 11.5 Å². The summed E-state index contributed by atoms with van der Waals surface area (Å²) in [5.41, 5.74) is 1.06. The topological polar surface area (TPSA) is 106 Å². The number of aromatic nitrogens is 1. The smallest absolute Gasteiger partial charge is 0.373 e. The molecule has 1 heterocycles. The molecule has 1 N–H and O–H groups in total. The number of carboxylic acids is 1. The lowest BCUT2D eigenvalue weighted by atomic mass is 10.1. The van der Waals surface area contributed by atoms with Crippen LogP contribution in [0.2, 0.25) is 0 Å². The SMILES string of the molecule is CCc1nc(-c2cccc([N+](=O)[O-])c2C)oc1C(=O)O. The first-order chi connectivity index (χ1) is 9.45. The van der Waals surface area contributed by atoms with Gasteiger partial charge in [0.2, 0.25) is 11.7 Å². The third-order valence-corrected chi connectivity index (χ3v) is 2.96. The maximum absolute atomic E-state index is 11.0. The maximum Gasteiger partial charge on any atom is 0.373 e. The number of carbonyl (C=O) groups is 1. The van der Waals surface area contributed by atoms with Crippen LogP contribution in [0.25, 0.3) is 11.5 Å². The molecule has 0 atom stereocenters. The highest BCUT2D eigenvalue weighted by Crippen LogP contribution is 2.30. The number of carboxylic acid groups (broad SMARTS) is 1. The van der Waals surface area contributed by atoms with E-state index in [0.29, 0.717) is 23.2 Å². The van der Waals surface area contributed by atoms with Crippen molar-refractivity contribution in [3.63, 3.8) is 0 Å². The Labute approximate surface area is 114 Å². The molecule has 0 saturated heterocycles. The van der Waals surface area contributed by atoms with Gasteiger partial charge in [-0.15, -0.1) is 0 Å². The predicted molar refractivity (Wildman–Crippen MR) is 69.7 cm³/mol. The van der Waals surface area contributed by atoms with E-state index in [1.165, 1.54) is 12.1 Å². The van der Waals surface area contributed by atoms with E-state index < -0.39 is 10.9 Å². The van der Waals surface area contributed by atoms with Crippen molar-refractivity contribution in [1.82, 2.24) is 4.98 Å². The Morgan fingerprint density at radius 1 is 1.50 bits per heavy atom. The average Bonchev–Trinajstić information content (AvgIpc) is 2.82. The van der Waals surface area contributed by atoms with E-state index in [0.717, 1.165) is 0 Å². The second-order valence-corrected chi connectivity index (χ2v) is 4.16. The summed E-state index contributed by atoms with van der Waals surface area (Å²) in [7, 11) is 0. The summed E-state index contributed by atoms with van der Waals surface area (Å²) in [6.45, 7) is 3.33. The summed E-state index contributed by atoms with van der Waals surface area (Å²) in [5.74, 6) is -1.35. The molecule has 7 heteroatoms. The fourth-order valence-electron chi connectivity index (χ4n) is 1.93. The number of aryl methyl sites for hydroxylation is 1. The maximum atomic E-state index is 11.0. The van der Waals surface area contributed by atoms with Gasteiger partial charge in [-0.05, 0) is 19.4 Å². The molecule has 104 valence electrons. The van der Waals surface area contributed by atoms with Gasteiger partial charge in [0, 0.05) is 17.2 Å². The Morgan fingerprint density at radius 3 is 2.70 bits per heavy atom. The Bertz CT molecular complexity index is 690. The molecule has 0 fully saturated rings. The van der Waals surface area contributed by atoms with Crippen LogP contribution in [0.3, 0.4) is 0 Å². The molecule has 0 bridgehead atoms. The van der Waals surface area contributed by atoms with Gasteiger partial charge in [-0.1, -0.05) is 13.0 Å². The average molecular weight is 276 g/mol. The van der Waals surface area contributed by atoms with Gasteiger partial charge in [-0.3, -0.25) is 10.1 Å². The highest BCUT2D eigenvalue weighted by atomic mass is 16.6. The molecule has 2 rings (SSSR count). The number of nitro groups is 1. The molecule has 0 saturated carbocycles. The molecule has 0 aliphatic heterocycles. The minimum absolute atomic E-state index is 0.0596. The van der Waals surface area contributed by atoms with Gasteiger partial charge in [0.1, 0.15) is 0 Å². The van der Waals surface area contributed by atoms with E-state index >= 15 is 0 Å². The molecule has 7 nitrogen and oxygen atoms in total. The summed E-state index contributed by atoms with van der Waals surface area (Å²) < 4.78 is 5.24. The summed E-state index contributed by atoms with van der Waals surface area (Å²) in [4.78, 5) is 25.6. The largest absolute Gasteiger partial charge is 0.475 e. The highest BCUT2D eigenvalue weighted by molar-refractivity contribution is 5.86. The molecular formula is C13H12N2O5. The third kappa shape index (κ3) is 2.25. The van der Waals surface area contributed by atoms with Crippen molar-refractivity contribution in [1.29, 1.82) is 0 Å². The van der Waals surface area contributed by atoms with E-state index in [2.05, 4.69) is 4.98 Å². The van der Waals surface area contributed by atoms with Gasteiger partial charge in [0.05, 0.1) is 10.6 Å². The number of benzene rings is 1. The Kier molecular flexibility index (Phi) is 3.51. The molecule has 0 spiro atoms. The zero-order valence-corrected chi connectivity index (χ0v) is 10.9. The standard InChI is InChI=1S/C13H12N2O5/c1-3-9-11(13(16)17)20-12(14-9)8-5-4-6-10(7(8)2)15(18)19/h4-6H,3H2,1-2H3,(H,16,17). The minimum Gasteiger partial charge on any atom is -0.475 e. The van der Waals surface area contributed by atoms with Crippen LogP contribution in [-0.4, -0.2) is 21.0 Å². The minimum atomic E-state index is -1.20. The molecule has 2 aromatic rings. The quantitative estimate of drug-likeness (QED) is 0.679. The lowest BCUT2D eigenvalue weighted by molar-refractivity contribution is -0.385. The van der Waals surface area contributed by atoms with E-state index in [9.17, 15) is 14.9 Å². The van der Waals surface area contributed by atoms with E-state index in [4.69, 9.17) is 9.52 Å². The van der Waals surface area contributed by atoms with Crippen LogP contribution in [-0.2, 0) is 6.42 Å². The summed E-state index contributed by atoms with van der Waals surface area (Å²) in [6.07, 6.45) is 0.402. The van der Waals surface area contributed by atoms with Crippen LogP contribution >= 0.6 is 0 Å². The molecule has 0 amide bonds. The monoisotopic (exact) mass is 276 g/mol. The molecule has 0 aliphatic rings. The second kappa shape index (κ2) is 5.12. The lowest BCUT2D eigenvalue weighted by Gasteiger charge is -2.01. The van der Waals surface area contributed by atoms with Crippen LogP contribution in [0.15, 0.2) is 22.6 Å². The van der Waals surface area contributed by atoms with Gasteiger partial charge in [-0.2, -0.15) is 0 Å². The number of hydrogen-bond acceptors (Lipinski definition) is 5. The van der Waals surface area contributed by atoms with Crippen LogP contribution in [0.1, 0.15) is 28.7 Å². The number of oxazole rings is 1. The first-order valence-electron chi connectivity index (χ1n) is 5.93. The summed E-state index contributed by atoms with van der Waals surface area (Å²) in [6, 6.07) is 4.50. The van der Waals surface area contributed by atoms with Crippen LogP contribution in [0, 0.1) is 17.0 Å². The lowest BCUT2D eigenvalue weighted by Crippen LogP contribution is -1.98. The Hall–Kier alpha value is -2.70. The number of hydrogen-bond donors (Lipinski definition) is 1. The van der Waals surface area contributed by atoms with Crippen molar-refractivity contribution in [2.24, 2.45) is 0 Å². The molecule has 20 heavy (non-hydrogen) atoms. The first kappa shape index (κ1) is 13.7. The Morgan fingerprint density at radius 2 is 2.20 bits per heavy atom. The zero-order valence-electron chi connectivity index (χ0n) is 10.9. The van der Waals surface area contributed by atoms with Crippen LogP contribution in [0.4, 0.5) is 5.69 Å². The predicted octanol–water partition coefficient (Wildman–Crippen LogP) is 2.82. The number of aromatic carboxylic acids is 1. The zero-order chi connectivity index (χ0) is 14.9. The highest BCUT2D eigenvalue weighted by Gasteiger charge is 2.22. The van der Waals surface area contributed by atoms with Gasteiger partial charge in [0.15, 0.2) is 0 Å². The molecular weight excluding hydrogens is 264 g/mol. The van der Waals surface area contributed by atoms with Crippen LogP contribution < -0.4 is 0 Å². The van der Waals surface area contributed by atoms with Crippen molar-refractivity contribution in [2.75, 3.05) is 0 Å². The molecule has 0 unspecified atom stereocenters. The molecule has 0 radical (unpaired) electrons. The van der Waals surface area contributed by atoms with Gasteiger partial charge >= 0.3 is 5.97 Å². The Balaban J connectivity index is 2.60. The van der Waals surface area contributed by atoms with E-state index in [1.54, 1.807) is 19.9 Å². The fourth-order valence-corrected chi connectivity index (χ4v) is 1.93. The third-order valence-electron chi connectivity index (χ3n) is 2.96. The molecule has 1 aromatic heterocycles. The fraction of sp³-hybridized carbons (Fsp3) is 0.231. The van der Waals surface area contributed by atoms with Crippen LogP contribution in [0.5, 0.6) is 0 Å². The van der Waals surface area contributed by atoms with Gasteiger partial charge < -0.3 is 9.52 Å². The van der Waals surface area contributed by atoms with E-state index in [-0.39, 0.29) is 17.3 Å². The van der Waals surface area contributed by atoms with Crippen molar-refractivity contribution in [2.45, 2.75) is 20.3 Å². The normalized spacial score (nSPS) is 10.5. The second-order valence-electron chi connectivity index (χ2n) is 4.16. The number of rotatable bonds is 4. The first-order valence-corrected chi connectivity index (χ1v) is 5.93. The van der Waals surface area contributed by atoms with Crippen molar-refractivity contribution < 1.29 is 19.2 Å². The molecule has 1 aromatic carbocycles. The summed E-state index contributed by atoms with van der Waals surface area (Å²) in [5, 5.41) is 19.9. The molecule has 0 aliphatic carbocycles. The number of nitrogens with zero attached hydrogens (tertiary/aromatic N) is 2. The summed E-state index contributed by atoms with van der Waals surface area (Å²) >= 11 is 0. The number of nitro benzene ring substituents is 1. The van der Waals surface area contributed by atoms with Crippen molar-refractivity contribution in [3.05, 3.63) is 45.3 Å². The van der Waals surface area contributed by atoms with Gasteiger partial charge in [-0.25, -0.2) is 9.78 Å².